The third-order valence-corrected chi connectivity index (χ3v) is 8.28. The largest absolute Gasteiger partial charge is 0.440 e. The Morgan fingerprint density at radius 2 is 2.18 bits per heavy atom. The molecule has 5 unspecified atom stereocenters. The fourth-order valence-corrected chi connectivity index (χ4v) is 6.35. The van der Waals surface area contributed by atoms with E-state index in [4.69, 9.17) is 9.15 Å². The molecule has 34 heavy (non-hydrogen) atoms. The lowest BCUT2D eigenvalue weighted by Gasteiger charge is -2.22. The van der Waals surface area contributed by atoms with E-state index < -0.39 is 12.2 Å². The number of halogens is 2. The summed E-state index contributed by atoms with van der Waals surface area (Å²) < 4.78 is 39.3. The second-order valence-corrected chi connectivity index (χ2v) is 10.7. The van der Waals surface area contributed by atoms with E-state index in [1.165, 1.54) is 49.5 Å². The zero-order chi connectivity index (χ0) is 23.9. The van der Waals surface area contributed by atoms with E-state index in [2.05, 4.69) is 22.6 Å². The number of allylic oxidation sites excluding steroid dienone is 1. The molecule has 1 N–H and O–H groups in total. The lowest BCUT2D eigenvalue weighted by Crippen LogP contribution is -2.37. The first-order valence-electron chi connectivity index (χ1n) is 12.0. The summed E-state index contributed by atoms with van der Waals surface area (Å²) in [4.78, 5) is 8.90. The van der Waals surface area contributed by atoms with Crippen LogP contribution in [-0.2, 0) is 6.42 Å². The minimum Gasteiger partial charge on any atom is -0.440 e. The number of nitrogens with zero attached hydrogens (tertiary/aromatic N) is 2. The van der Waals surface area contributed by atoms with Crippen molar-refractivity contribution in [3.63, 3.8) is 0 Å². The molecule has 2 bridgehead atoms. The molecule has 0 saturated heterocycles. The van der Waals surface area contributed by atoms with Crippen LogP contribution in [0.2, 0.25) is 0 Å². The quantitative estimate of drug-likeness (QED) is 0.351. The third-order valence-electron chi connectivity index (χ3n) is 7.47. The number of hydrogen-bond acceptors (Lipinski definition) is 6. The van der Waals surface area contributed by atoms with Gasteiger partial charge in [0.05, 0.1) is 5.56 Å². The minimum atomic E-state index is -3.74. The summed E-state index contributed by atoms with van der Waals surface area (Å²) in [6.45, 7) is 5.01. The molecule has 2 fully saturated rings. The highest BCUT2D eigenvalue weighted by atomic mass is 32.1. The van der Waals surface area contributed by atoms with Gasteiger partial charge in [0.15, 0.2) is 28.8 Å². The zero-order valence-corrected chi connectivity index (χ0v) is 20.1. The maximum atomic E-state index is 14.1. The van der Waals surface area contributed by atoms with E-state index >= 15 is 0 Å². The molecular weight excluding hydrogens is 458 g/mol. The standard InChI is InChI=1S/C26H30F2N2O3S/c1-3-18-13-17-12-16(4-6-19(18)14-17)5-9-22-30-23-21(33-26(27,28)15(2)31)8-7-20(24(23)32-22)25-29-10-11-34-25/h3,7-8,10-11,15-19,31H,1,4-6,9,12-14H2,2H3. The SMILES string of the molecule is C=CC1CC2CC(CCc3nc4c(OC(F)(F)C(C)O)ccc(-c5nccs5)c4o3)CCC1C2. The predicted octanol–water partition coefficient (Wildman–Crippen LogP) is 6.86. The number of benzene rings is 1. The Labute approximate surface area is 201 Å². The van der Waals surface area contributed by atoms with E-state index in [-0.39, 0.29) is 11.3 Å². The van der Waals surface area contributed by atoms with Crippen LogP contribution < -0.4 is 4.74 Å². The van der Waals surface area contributed by atoms with Crippen molar-refractivity contribution >= 4 is 22.4 Å². The molecule has 0 spiro atoms. The fraction of sp³-hybridized carbons (Fsp3) is 0.538. The van der Waals surface area contributed by atoms with Gasteiger partial charge >= 0.3 is 6.11 Å². The van der Waals surface area contributed by atoms with Crippen LogP contribution in [0.15, 0.2) is 40.8 Å². The second kappa shape index (κ2) is 9.38. The van der Waals surface area contributed by atoms with Crippen molar-refractivity contribution in [1.29, 1.82) is 0 Å². The van der Waals surface area contributed by atoms with Gasteiger partial charge in [0.25, 0.3) is 0 Å². The van der Waals surface area contributed by atoms with Gasteiger partial charge in [-0.05, 0) is 74.8 Å². The van der Waals surface area contributed by atoms with Gasteiger partial charge in [-0.2, -0.15) is 8.78 Å². The van der Waals surface area contributed by atoms with Crippen LogP contribution in [0.4, 0.5) is 8.78 Å². The van der Waals surface area contributed by atoms with E-state index in [9.17, 15) is 13.9 Å². The van der Waals surface area contributed by atoms with Crippen LogP contribution in [0, 0.1) is 23.7 Å². The molecule has 2 heterocycles. The summed E-state index contributed by atoms with van der Waals surface area (Å²) in [6.07, 6.45) is 5.96. The Morgan fingerprint density at radius 3 is 2.91 bits per heavy atom. The molecule has 0 amide bonds. The summed E-state index contributed by atoms with van der Waals surface area (Å²) in [7, 11) is 0. The first-order chi connectivity index (χ1) is 16.3. The highest BCUT2D eigenvalue weighted by Gasteiger charge is 2.39. The minimum absolute atomic E-state index is 0.113. The van der Waals surface area contributed by atoms with Gasteiger partial charge in [-0.25, -0.2) is 9.97 Å². The topological polar surface area (TPSA) is 68.4 Å². The molecule has 8 heteroatoms. The van der Waals surface area contributed by atoms with Crippen molar-refractivity contribution in [2.24, 2.45) is 23.7 Å². The van der Waals surface area contributed by atoms with E-state index in [1.54, 1.807) is 12.3 Å². The van der Waals surface area contributed by atoms with Crippen LogP contribution in [0.3, 0.4) is 0 Å². The average molecular weight is 489 g/mol. The molecule has 2 aliphatic carbocycles. The number of rotatable bonds is 8. The molecule has 5 rings (SSSR count). The molecule has 0 aliphatic heterocycles. The van der Waals surface area contributed by atoms with Crippen molar-refractivity contribution in [3.8, 4) is 16.3 Å². The Balaban J connectivity index is 1.38. The molecule has 182 valence electrons. The van der Waals surface area contributed by atoms with Crippen LogP contribution in [0.5, 0.6) is 5.75 Å². The molecule has 0 radical (unpaired) electrons. The Kier molecular flexibility index (Phi) is 6.46. The molecular formula is C26H30F2N2O3S. The second-order valence-electron chi connectivity index (χ2n) is 9.79. The lowest BCUT2D eigenvalue weighted by molar-refractivity contribution is -0.233. The van der Waals surface area contributed by atoms with E-state index in [0.29, 0.717) is 35.3 Å². The van der Waals surface area contributed by atoms with Crippen molar-refractivity contribution in [2.45, 2.75) is 64.1 Å². The van der Waals surface area contributed by atoms with Gasteiger partial charge in [0.1, 0.15) is 5.01 Å². The lowest BCUT2D eigenvalue weighted by atomic mass is 9.84. The molecule has 1 aromatic carbocycles. The maximum absolute atomic E-state index is 14.1. The number of oxazole rings is 1. The number of aliphatic hydroxyl groups is 1. The summed E-state index contributed by atoms with van der Waals surface area (Å²) in [5.74, 6) is 3.23. The number of aromatic nitrogens is 2. The summed E-state index contributed by atoms with van der Waals surface area (Å²) >= 11 is 1.44. The Morgan fingerprint density at radius 1 is 1.32 bits per heavy atom. The maximum Gasteiger partial charge on any atom is 0.424 e. The van der Waals surface area contributed by atoms with Gasteiger partial charge in [0, 0.05) is 18.0 Å². The van der Waals surface area contributed by atoms with Crippen LogP contribution in [0.1, 0.15) is 51.3 Å². The van der Waals surface area contributed by atoms with Gasteiger partial charge < -0.3 is 14.3 Å². The molecule has 5 nitrogen and oxygen atoms in total. The molecule has 2 saturated carbocycles. The summed E-state index contributed by atoms with van der Waals surface area (Å²) in [6, 6.07) is 3.10. The molecule has 2 aromatic heterocycles. The van der Waals surface area contributed by atoms with Gasteiger partial charge in [-0.3, -0.25) is 0 Å². The Hall–Kier alpha value is -2.32. The number of ether oxygens (including phenoxy) is 1. The van der Waals surface area contributed by atoms with Gasteiger partial charge in [0.2, 0.25) is 0 Å². The first-order valence-corrected chi connectivity index (χ1v) is 12.9. The zero-order valence-electron chi connectivity index (χ0n) is 19.3. The normalized spacial score (nSPS) is 25.9. The van der Waals surface area contributed by atoms with E-state index in [0.717, 1.165) is 30.2 Å². The monoisotopic (exact) mass is 488 g/mol. The van der Waals surface area contributed by atoms with Crippen molar-refractivity contribution < 1.29 is 23.0 Å². The average Bonchev–Trinajstić information content (AvgIpc) is 3.52. The smallest absolute Gasteiger partial charge is 0.424 e. The predicted molar refractivity (Wildman–Crippen MR) is 128 cm³/mol. The van der Waals surface area contributed by atoms with Crippen LogP contribution in [0.25, 0.3) is 21.7 Å². The van der Waals surface area contributed by atoms with Crippen LogP contribution >= 0.6 is 11.3 Å². The van der Waals surface area contributed by atoms with Crippen LogP contribution in [-0.4, -0.2) is 27.3 Å². The summed E-state index contributed by atoms with van der Waals surface area (Å²) in [5.41, 5.74) is 1.31. The number of alkyl halides is 2. The van der Waals surface area contributed by atoms with Crippen molar-refractivity contribution in [1.82, 2.24) is 9.97 Å². The fourth-order valence-electron chi connectivity index (χ4n) is 5.69. The van der Waals surface area contributed by atoms with E-state index in [1.807, 2.05) is 5.38 Å². The molecule has 5 atom stereocenters. The van der Waals surface area contributed by atoms with Crippen molar-refractivity contribution in [3.05, 3.63) is 42.3 Å². The van der Waals surface area contributed by atoms with Crippen molar-refractivity contribution in [2.75, 3.05) is 0 Å². The van der Waals surface area contributed by atoms with Gasteiger partial charge in [-0.15, -0.1) is 17.9 Å². The summed E-state index contributed by atoms with van der Waals surface area (Å²) in [5, 5.41) is 12.0. The number of fused-ring (bicyclic) bond motifs is 3. The van der Waals surface area contributed by atoms with Gasteiger partial charge in [-0.1, -0.05) is 12.5 Å². The number of thiazole rings is 1. The molecule has 2 aliphatic rings. The third kappa shape index (κ3) is 4.62. The highest BCUT2D eigenvalue weighted by molar-refractivity contribution is 7.13. The Bertz CT molecular complexity index is 1140. The number of aryl methyl sites for hydroxylation is 1. The highest BCUT2D eigenvalue weighted by Crippen LogP contribution is 2.47. The first kappa shape index (κ1) is 23.4. The molecule has 3 aromatic rings. The number of hydrogen-bond donors (Lipinski definition) is 1. The number of aliphatic hydroxyl groups excluding tert-OH is 1.